The summed E-state index contributed by atoms with van der Waals surface area (Å²) in [5, 5.41) is 0. The lowest BCUT2D eigenvalue weighted by atomic mass is 9.73. The summed E-state index contributed by atoms with van der Waals surface area (Å²) >= 11 is 3.43. The number of amides is 2. The van der Waals surface area contributed by atoms with E-state index in [0.29, 0.717) is 38.4 Å². The van der Waals surface area contributed by atoms with Crippen LogP contribution in [0.1, 0.15) is 32.3 Å². The number of hydrogen-bond donors (Lipinski definition) is 2. The van der Waals surface area contributed by atoms with Crippen LogP contribution in [0.3, 0.4) is 0 Å². The topological polar surface area (TPSA) is 85.9 Å². The van der Waals surface area contributed by atoms with E-state index >= 15 is 0 Å². The van der Waals surface area contributed by atoms with Crippen LogP contribution in [0.15, 0.2) is 53.0 Å². The van der Waals surface area contributed by atoms with Gasteiger partial charge in [-0.2, -0.15) is 0 Å². The molecule has 0 spiro atoms. The van der Waals surface area contributed by atoms with Crippen molar-refractivity contribution in [3.8, 4) is 11.5 Å². The Morgan fingerprint density at radius 3 is 2.26 bits per heavy atom. The van der Waals surface area contributed by atoms with Crippen LogP contribution in [0.25, 0.3) is 0 Å². The van der Waals surface area contributed by atoms with E-state index in [1.54, 1.807) is 31.2 Å². The molecule has 1 atom stereocenters. The number of rotatable bonds is 7. The summed E-state index contributed by atoms with van der Waals surface area (Å²) in [4.78, 5) is 25.6. The Kier molecular flexibility index (Phi) is 7.92. The lowest BCUT2D eigenvalue weighted by Gasteiger charge is -2.36. The van der Waals surface area contributed by atoms with Gasteiger partial charge in [0.15, 0.2) is 6.10 Å². The van der Waals surface area contributed by atoms with E-state index < -0.39 is 17.4 Å². The Morgan fingerprint density at radius 1 is 1.03 bits per heavy atom. The zero-order valence-electron chi connectivity index (χ0n) is 17.7. The van der Waals surface area contributed by atoms with Gasteiger partial charge in [-0.05, 0) is 68.7 Å². The van der Waals surface area contributed by atoms with Gasteiger partial charge in [-0.15, -0.1) is 0 Å². The Labute approximate surface area is 190 Å². The molecule has 0 radical (unpaired) electrons. The van der Waals surface area contributed by atoms with Crippen molar-refractivity contribution in [3.63, 3.8) is 0 Å². The number of halogens is 1. The van der Waals surface area contributed by atoms with E-state index in [1.807, 2.05) is 31.2 Å². The minimum absolute atomic E-state index is 0.264. The predicted molar refractivity (Wildman–Crippen MR) is 120 cm³/mol. The van der Waals surface area contributed by atoms with Gasteiger partial charge in [0.1, 0.15) is 11.5 Å². The monoisotopic (exact) mass is 490 g/mol. The summed E-state index contributed by atoms with van der Waals surface area (Å²) in [5.41, 5.74) is 5.23. The quantitative estimate of drug-likeness (QED) is 0.580. The van der Waals surface area contributed by atoms with Crippen molar-refractivity contribution in [3.05, 3.63) is 58.6 Å². The fraction of sp³-hybridized carbons (Fsp3) is 0.391. The Morgan fingerprint density at radius 2 is 1.65 bits per heavy atom. The Balaban J connectivity index is 1.60. The second-order valence-electron chi connectivity index (χ2n) is 7.31. The third-order valence-corrected chi connectivity index (χ3v) is 5.82. The molecule has 166 valence electrons. The van der Waals surface area contributed by atoms with Crippen LogP contribution in [-0.2, 0) is 19.7 Å². The number of carbonyl (C=O) groups excluding carboxylic acids is 2. The summed E-state index contributed by atoms with van der Waals surface area (Å²) < 4.78 is 17.5. The molecule has 0 aliphatic carbocycles. The van der Waals surface area contributed by atoms with Gasteiger partial charge in [0.2, 0.25) is 5.91 Å². The molecule has 1 fully saturated rings. The number of ether oxygens (including phenoxy) is 3. The zero-order valence-corrected chi connectivity index (χ0v) is 19.2. The molecule has 31 heavy (non-hydrogen) atoms. The summed E-state index contributed by atoms with van der Waals surface area (Å²) in [6.45, 7) is 5.07. The van der Waals surface area contributed by atoms with Crippen LogP contribution >= 0.6 is 15.9 Å². The molecule has 3 rings (SSSR count). The van der Waals surface area contributed by atoms with Gasteiger partial charge in [-0.25, -0.2) is 0 Å². The highest BCUT2D eigenvalue weighted by atomic mass is 79.9. The van der Waals surface area contributed by atoms with E-state index in [-0.39, 0.29) is 5.91 Å². The molecule has 8 heteroatoms. The van der Waals surface area contributed by atoms with E-state index in [9.17, 15) is 9.59 Å². The molecule has 2 amide bonds. The Bertz CT molecular complexity index is 880. The molecule has 1 aliphatic rings. The van der Waals surface area contributed by atoms with Gasteiger partial charge >= 0.3 is 0 Å². The van der Waals surface area contributed by atoms with Crippen molar-refractivity contribution in [1.82, 2.24) is 10.9 Å². The second kappa shape index (κ2) is 10.6. The number of hydrogen-bond acceptors (Lipinski definition) is 5. The number of carbonyl (C=O) groups is 2. The molecule has 2 aromatic carbocycles. The van der Waals surface area contributed by atoms with Crippen molar-refractivity contribution in [2.45, 2.75) is 38.2 Å². The molecule has 1 heterocycles. The standard InChI is InChI=1S/C23H27BrN2O5/c1-3-30-19-8-10-20(11-9-19)31-16(2)21(27)25-26-22(28)23(12-14-29-15-13-23)17-4-6-18(24)7-5-17/h4-11,16H,3,12-15H2,1-2H3,(H,25,27)(H,26,28). The van der Waals surface area contributed by atoms with E-state index in [4.69, 9.17) is 14.2 Å². The SMILES string of the molecule is CCOc1ccc(OC(C)C(=O)NNC(=O)C2(c3ccc(Br)cc3)CCOCC2)cc1. The third kappa shape index (κ3) is 5.77. The van der Waals surface area contributed by atoms with Crippen LogP contribution in [-0.4, -0.2) is 37.7 Å². The maximum Gasteiger partial charge on any atom is 0.279 e. The van der Waals surface area contributed by atoms with Crippen molar-refractivity contribution in [1.29, 1.82) is 0 Å². The van der Waals surface area contributed by atoms with Crippen LogP contribution in [0, 0.1) is 0 Å². The summed E-state index contributed by atoms with van der Waals surface area (Å²) in [5.74, 6) is 0.558. The fourth-order valence-corrected chi connectivity index (χ4v) is 3.78. The minimum atomic E-state index is -0.795. The third-order valence-electron chi connectivity index (χ3n) is 5.29. The number of hydrazine groups is 1. The summed E-state index contributed by atoms with van der Waals surface area (Å²) in [7, 11) is 0. The fourth-order valence-electron chi connectivity index (χ4n) is 3.51. The first kappa shape index (κ1) is 23.1. The average Bonchev–Trinajstić information content (AvgIpc) is 2.79. The zero-order chi connectivity index (χ0) is 22.3. The highest BCUT2D eigenvalue weighted by Gasteiger charge is 2.42. The van der Waals surface area contributed by atoms with Crippen molar-refractivity contribution >= 4 is 27.7 Å². The first-order valence-electron chi connectivity index (χ1n) is 10.3. The molecular weight excluding hydrogens is 464 g/mol. The van der Waals surface area contributed by atoms with E-state index in [0.717, 1.165) is 15.8 Å². The van der Waals surface area contributed by atoms with Crippen LogP contribution in [0.4, 0.5) is 0 Å². The van der Waals surface area contributed by atoms with Gasteiger partial charge < -0.3 is 14.2 Å². The second-order valence-corrected chi connectivity index (χ2v) is 8.22. The normalized spacial score (nSPS) is 16.1. The van der Waals surface area contributed by atoms with Gasteiger partial charge in [0, 0.05) is 17.7 Å². The Hall–Kier alpha value is -2.58. The molecule has 2 N–H and O–H groups in total. The van der Waals surface area contributed by atoms with Crippen LogP contribution in [0.2, 0.25) is 0 Å². The molecular formula is C23H27BrN2O5. The van der Waals surface area contributed by atoms with Gasteiger partial charge in [-0.1, -0.05) is 28.1 Å². The largest absolute Gasteiger partial charge is 0.494 e. The van der Waals surface area contributed by atoms with Crippen molar-refractivity contribution in [2.75, 3.05) is 19.8 Å². The molecule has 2 aromatic rings. The lowest BCUT2D eigenvalue weighted by Crippen LogP contribution is -2.55. The van der Waals surface area contributed by atoms with E-state index in [1.165, 1.54) is 0 Å². The van der Waals surface area contributed by atoms with Gasteiger partial charge in [0.05, 0.1) is 12.0 Å². The van der Waals surface area contributed by atoms with Gasteiger partial charge in [-0.3, -0.25) is 20.4 Å². The smallest absolute Gasteiger partial charge is 0.279 e. The van der Waals surface area contributed by atoms with E-state index in [2.05, 4.69) is 26.8 Å². The molecule has 1 aliphatic heterocycles. The van der Waals surface area contributed by atoms with Gasteiger partial charge in [0.25, 0.3) is 5.91 Å². The van der Waals surface area contributed by atoms with Crippen molar-refractivity contribution < 1.29 is 23.8 Å². The van der Waals surface area contributed by atoms with Crippen molar-refractivity contribution in [2.24, 2.45) is 0 Å². The van der Waals surface area contributed by atoms with Crippen LogP contribution < -0.4 is 20.3 Å². The van der Waals surface area contributed by atoms with Crippen LogP contribution in [0.5, 0.6) is 11.5 Å². The molecule has 7 nitrogen and oxygen atoms in total. The summed E-state index contributed by atoms with van der Waals surface area (Å²) in [6.07, 6.45) is 0.278. The summed E-state index contributed by atoms with van der Waals surface area (Å²) in [6, 6.07) is 14.7. The first-order valence-corrected chi connectivity index (χ1v) is 11.1. The minimum Gasteiger partial charge on any atom is -0.494 e. The first-order chi connectivity index (χ1) is 14.9. The molecule has 0 saturated carbocycles. The highest BCUT2D eigenvalue weighted by Crippen LogP contribution is 2.35. The predicted octanol–water partition coefficient (Wildman–Crippen LogP) is 3.51. The molecule has 1 saturated heterocycles. The lowest BCUT2D eigenvalue weighted by molar-refractivity contribution is -0.137. The average molecular weight is 491 g/mol. The molecule has 0 aromatic heterocycles. The number of nitrogens with one attached hydrogen (secondary N) is 2. The molecule has 0 bridgehead atoms. The highest BCUT2D eigenvalue weighted by molar-refractivity contribution is 9.10. The maximum absolute atomic E-state index is 13.1. The maximum atomic E-state index is 13.1. The number of benzene rings is 2. The molecule has 1 unspecified atom stereocenters.